The Morgan fingerprint density at radius 2 is 1.71 bits per heavy atom. The van der Waals surface area contributed by atoms with E-state index in [1.165, 1.54) is 19.4 Å². The monoisotopic (exact) mass is 243 g/mol. The first-order valence-electron chi connectivity index (χ1n) is 6.62. The molecule has 0 rings (SSSR count). The smallest absolute Gasteiger partial charge is 0.0641 e. The zero-order valence-electron chi connectivity index (χ0n) is 12.7. The van der Waals surface area contributed by atoms with Crippen molar-refractivity contribution in [2.45, 2.75) is 40.0 Å². The van der Waals surface area contributed by atoms with Crippen LogP contribution in [-0.2, 0) is 4.74 Å². The first kappa shape index (κ1) is 21.7. The number of methoxy groups -OCH3 is 1. The van der Waals surface area contributed by atoms with E-state index in [9.17, 15) is 0 Å². The molecule has 0 aromatic heterocycles. The van der Waals surface area contributed by atoms with E-state index in [1.54, 1.807) is 13.2 Å². The summed E-state index contributed by atoms with van der Waals surface area (Å²) in [6.45, 7) is 16.4. The minimum absolute atomic E-state index is 0.653. The van der Waals surface area contributed by atoms with Crippen LogP contribution in [0.15, 0.2) is 25.3 Å². The third-order valence-electron chi connectivity index (χ3n) is 1.89. The highest BCUT2D eigenvalue weighted by atomic mass is 16.5. The van der Waals surface area contributed by atoms with E-state index in [1.807, 2.05) is 19.9 Å². The van der Waals surface area contributed by atoms with Gasteiger partial charge in [-0.2, -0.15) is 0 Å². The summed E-state index contributed by atoms with van der Waals surface area (Å²) in [6.07, 6.45) is 7.40. The van der Waals surface area contributed by atoms with Crippen molar-refractivity contribution < 1.29 is 4.74 Å². The van der Waals surface area contributed by atoms with Crippen molar-refractivity contribution >= 4 is 0 Å². The van der Waals surface area contributed by atoms with Crippen LogP contribution in [0.4, 0.5) is 0 Å². The maximum atomic E-state index is 4.57. The molecule has 0 aliphatic carbocycles. The van der Waals surface area contributed by atoms with Gasteiger partial charge in [-0.1, -0.05) is 39.3 Å². The highest BCUT2D eigenvalue weighted by molar-refractivity contribution is 4.68. The minimum atomic E-state index is 0.653. The lowest BCUT2D eigenvalue weighted by molar-refractivity contribution is 0.234. The Morgan fingerprint density at radius 3 is 2.00 bits per heavy atom. The Morgan fingerprint density at radius 1 is 1.12 bits per heavy atom. The SMILES string of the molecule is C=CCCN(C)CCCC.C=CCOC.CC. The van der Waals surface area contributed by atoms with Crippen molar-refractivity contribution in [1.29, 1.82) is 0 Å². The Labute approximate surface area is 109 Å². The molecule has 0 aromatic carbocycles. The molecule has 0 saturated heterocycles. The first-order valence-corrected chi connectivity index (χ1v) is 6.62. The van der Waals surface area contributed by atoms with Crippen molar-refractivity contribution in [3.8, 4) is 0 Å². The lowest BCUT2D eigenvalue weighted by Gasteiger charge is -2.13. The van der Waals surface area contributed by atoms with Gasteiger partial charge in [0.1, 0.15) is 0 Å². The van der Waals surface area contributed by atoms with Crippen LogP contribution >= 0.6 is 0 Å². The fraction of sp³-hybridized carbons (Fsp3) is 0.733. The lowest BCUT2D eigenvalue weighted by atomic mass is 10.3. The molecule has 0 N–H and O–H groups in total. The van der Waals surface area contributed by atoms with Crippen molar-refractivity contribution in [3.05, 3.63) is 25.3 Å². The van der Waals surface area contributed by atoms with Gasteiger partial charge in [0.15, 0.2) is 0 Å². The summed E-state index contributed by atoms with van der Waals surface area (Å²) in [5, 5.41) is 0. The highest BCUT2D eigenvalue weighted by Crippen LogP contribution is 1.92. The molecule has 0 heterocycles. The molecular weight excluding hydrogens is 210 g/mol. The summed E-state index contributed by atoms with van der Waals surface area (Å²) in [7, 11) is 3.81. The molecule has 0 radical (unpaired) electrons. The fourth-order valence-electron chi connectivity index (χ4n) is 0.969. The molecule has 0 amide bonds. The van der Waals surface area contributed by atoms with Crippen LogP contribution in [0.3, 0.4) is 0 Å². The van der Waals surface area contributed by atoms with Gasteiger partial charge in [-0.25, -0.2) is 0 Å². The molecule has 0 spiro atoms. The van der Waals surface area contributed by atoms with Gasteiger partial charge in [-0.15, -0.1) is 13.2 Å². The van der Waals surface area contributed by atoms with E-state index >= 15 is 0 Å². The Balaban J connectivity index is -0.000000236. The number of unbranched alkanes of at least 4 members (excludes halogenated alkanes) is 1. The molecule has 0 aliphatic rings. The lowest BCUT2D eigenvalue weighted by Crippen LogP contribution is -2.20. The Kier molecular flexibility index (Phi) is 31.3. The summed E-state index contributed by atoms with van der Waals surface area (Å²) in [5.41, 5.74) is 0. The van der Waals surface area contributed by atoms with Crippen LogP contribution in [-0.4, -0.2) is 38.8 Å². The second-order valence-corrected chi connectivity index (χ2v) is 3.48. The molecule has 2 nitrogen and oxygen atoms in total. The summed E-state index contributed by atoms with van der Waals surface area (Å²) in [4.78, 5) is 2.35. The zero-order valence-corrected chi connectivity index (χ0v) is 12.7. The van der Waals surface area contributed by atoms with E-state index in [4.69, 9.17) is 0 Å². The zero-order chi connectivity index (χ0) is 13.9. The van der Waals surface area contributed by atoms with Crippen LogP contribution in [0.5, 0.6) is 0 Å². The average molecular weight is 243 g/mol. The van der Waals surface area contributed by atoms with Gasteiger partial charge in [0.25, 0.3) is 0 Å². The molecule has 104 valence electrons. The Bertz CT molecular complexity index is 135. The van der Waals surface area contributed by atoms with Gasteiger partial charge in [-0.05, 0) is 26.4 Å². The van der Waals surface area contributed by atoms with Crippen molar-refractivity contribution in [1.82, 2.24) is 4.90 Å². The largest absolute Gasteiger partial charge is 0.381 e. The average Bonchev–Trinajstić information content (AvgIpc) is 2.38. The topological polar surface area (TPSA) is 12.5 Å². The van der Waals surface area contributed by atoms with E-state index in [-0.39, 0.29) is 0 Å². The third-order valence-corrected chi connectivity index (χ3v) is 1.89. The molecule has 17 heavy (non-hydrogen) atoms. The molecule has 0 aliphatic heterocycles. The molecule has 0 aromatic rings. The number of ether oxygens (including phenoxy) is 1. The maximum absolute atomic E-state index is 4.57. The quantitative estimate of drug-likeness (QED) is 0.594. The maximum Gasteiger partial charge on any atom is 0.0641 e. The van der Waals surface area contributed by atoms with Crippen LogP contribution in [0.1, 0.15) is 40.0 Å². The molecule has 0 fully saturated rings. The Hall–Kier alpha value is -0.600. The molecular formula is C15H33NO. The summed E-state index contributed by atoms with van der Waals surface area (Å²) in [5.74, 6) is 0. The van der Waals surface area contributed by atoms with Gasteiger partial charge in [0.2, 0.25) is 0 Å². The second-order valence-electron chi connectivity index (χ2n) is 3.48. The van der Waals surface area contributed by atoms with Crippen LogP contribution in [0, 0.1) is 0 Å². The van der Waals surface area contributed by atoms with E-state index < -0.39 is 0 Å². The summed E-state index contributed by atoms with van der Waals surface area (Å²) < 4.78 is 4.57. The fourth-order valence-corrected chi connectivity index (χ4v) is 0.969. The van der Waals surface area contributed by atoms with E-state index in [0.717, 1.165) is 13.0 Å². The second kappa shape index (κ2) is 24.6. The van der Waals surface area contributed by atoms with Crippen LogP contribution < -0.4 is 0 Å². The molecule has 0 bridgehead atoms. The van der Waals surface area contributed by atoms with Gasteiger partial charge in [-0.3, -0.25) is 0 Å². The van der Waals surface area contributed by atoms with E-state index in [0.29, 0.717) is 6.61 Å². The van der Waals surface area contributed by atoms with E-state index in [2.05, 4.69) is 36.8 Å². The molecule has 0 saturated carbocycles. The minimum Gasteiger partial charge on any atom is -0.381 e. The normalized spacial score (nSPS) is 8.59. The number of nitrogens with zero attached hydrogens (tertiary/aromatic N) is 1. The first-order chi connectivity index (χ1) is 8.22. The molecule has 0 unspecified atom stereocenters. The molecule has 2 heteroatoms. The van der Waals surface area contributed by atoms with Crippen LogP contribution in [0.2, 0.25) is 0 Å². The number of hydrogen-bond acceptors (Lipinski definition) is 2. The third kappa shape index (κ3) is 31.3. The van der Waals surface area contributed by atoms with Gasteiger partial charge < -0.3 is 9.64 Å². The number of rotatable bonds is 8. The van der Waals surface area contributed by atoms with Crippen molar-refractivity contribution in [3.63, 3.8) is 0 Å². The van der Waals surface area contributed by atoms with Crippen molar-refractivity contribution in [2.24, 2.45) is 0 Å². The summed E-state index contributed by atoms with van der Waals surface area (Å²) in [6, 6.07) is 0. The van der Waals surface area contributed by atoms with Gasteiger partial charge in [0, 0.05) is 13.7 Å². The predicted octanol–water partition coefficient (Wildman–Crippen LogP) is 4.14. The van der Waals surface area contributed by atoms with Gasteiger partial charge >= 0.3 is 0 Å². The van der Waals surface area contributed by atoms with Gasteiger partial charge in [0.05, 0.1) is 6.61 Å². The predicted molar refractivity (Wildman–Crippen MR) is 80.6 cm³/mol. The highest BCUT2D eigenvalue weighted by Gasteiger charge is 1.93. The number of hydrogen-bond donors (Lipinski definition) is 0. The van der Waals surface area contributed by atoms with Crippen LogP contribution in [0.25, 0.3) is 0 Å². The summed E-state index contributed by atoms with van der Waals surface area (Å²) >= 11 is 0. The van der Waals surface area contributed by atoms with Crippen molar-refractivity contribution in [2.75, 3.05) is 33.9 Å². The standard InChI is InChI=1S/C9H19N.C4H8O.C2H6/c1-4-6-8-10(3)9-7-5-2;1-3-4-5-2;1-2/h4H,1,5-9H2,2-3H3;3H,1,4H2,2H3;1-2H3. The molecule has 0 atom stereocenters.